The summed E-state index contributed by atoms with van der Waals surface area (Å²) in [5.41, 5.74) is 8.57. The normalized spacial score (nSPS) is 11.2. The fourth-order valence-corrected chi connectivity index (χ4v) is 3.50. The molecular weight excluding hydrogens is 458 g/mol. The number of nitrogens with one attached hydrogen (secondary N) is 2. The Bertz CT molecular complexity index is 1200. The van der Waals surface area contributed by atoms with Crippen molar-refractivity contribution < 1.29 is 18.8 Å². The van der Waals surface area contributed by atoms with Crippen molar-refractivity contribution in [2.75, 3.05) is 12.4 Å². The lowest BCUT2D eigenvalue weighted by molar-refractivity contribution is -0.116. The molecule has 1 heterocycles. The maximum absolute atomic E-state index is 12.9. The molecule has 0 atom stereocenters. The molecule has 34 heavy (non-hydrogen) atoms. The molecule has 0 spiro atoms. The molecule has 0 unspecified atom stereocenters. The fourth-order valence-electron chi connectivity index (χ4n) is 3.24. The van der Waals surface area contributed by atoms with E-state index >= 15 is 0 Å². The number of guanidine groups is 1. The lowest BCUT2D eigenvalue weighted by Gasteiger charge is -2.08. The van der Waals surface area contributed by atoms with E-state index in [9.17, 15) is 9.59 Å². The predicted octanol–water partition coefficient (Wildman–Crippen LogP) is 4.30. The highest BCUT2D eigenvalue weighted by atomic mass is 35.5. The molecule has 0 aliphatic carbocycles. The lowest BCUT2D eigenvalue weighted by atomic mass is 10.1. The maximum atomic E-state index is 12.9. The third-order valence-electron chi connectivity index (χ3n) is 4.85. The summed E-state index contributed by atoms with van der Waals surface area (Å²) in [5.74, 6) is 0.355. The number of carbonyl (C=O) groups is 2. The number of hydrogen-bond acceptors (Lipinski definition) is 6. The van der Waals surface area contributed by atoms with Crippen LogP contribution in [0.1, 0.15) is 41.4 Å². The lowest BCUT2D eigenvalue weighted by Crippen LogP contribution is -2.37. The number of aromatic nitrogens is 1. The second-order valence-electron chi connectivity index (χ2n) is 7.49. The molecule has 0 aliphatic heterocycles. The molecule has 0 radical (unpaired) electrons. The van der Waals surface area contributed by atoms with Crippen molar-refractivity contribution in [3.63, 3.8) is 0 Å². The molecular formula is C24H26ClN5O4. The van der Waals surface area contributed by atoms with Crippen molar-refractivity contribution in [2.24, 2.45) is 10.7 Å². The Hall–Kier alpha value is -3.85. The predicted molar refractivity (Wildman–Crippen MR) is 131 cm³/mol. The number of nitrogens with two attached hydrogens (primary N) is 1. The number of nitrogens with zero attached hydrogens (tertiary/aromatic N) is 2. The molecule has 3 aromatic rings. The highest BCUT2D eigenvalue weighted by Crippen LogP contribution is 2.27. The molecule has 3 rings (SSSR count). The summed E-state index contributed by atoms with van der Waals surface area (Å²) in [6, 6.07) is 12.2. The first-order valence-electron chi connectivity index (χ1n) is 10.6. The van der Waals surface area contributed by atoms with E-state index in [0.29, 0.717) is 39.9 Å². The summed E-state index contributed by atoms with van der Waals surface area (Å²) in [7, 11) is 1.57. The van der Waals surface area contributed by atoms with Gasteiger partial charge in [0, 0.05) is 22.7 Å². The van der Waals surface area contributed by atoms with Crippen LogP contribution < -0.4 is 21.1 Å². The molecule has 0 saturated heterocycles. The van der Waals surface area contributed by atoms with Gasteiger partial charge in [-0.3, -0.25) is 14.9 Å². The van der Waals surface area contributed by atoms with Crippen molar-refractivity contribution in [2.45, 2.75) is 33.2 Å². The quantitative estimate of drug-likeness (QED) is 0.323. The largest absolute Gasteiger partial charge is 0.497 e. The summed E-state index contributed by atoms with van der Waals surface area (Å²) in [6.45, 7) is 3.72. The minimum atomic E-state index is -0.496. The van der Waals surface area contributed by atoms with E-state index in [2.05, 4.69) is 20.8 Å². The molecule has 1 aromatic heterocycles. The van der Waals surface area contributed by atoms with Crippen LogP contribution in [-0.4, -0.2) is 30.0 Å². The minimum Gasteiger partial charge on any atom is -0.497 e. The zero-order valence-electron chi connectivity index (χ0n) is 19.1. The van der Waals surface area contributed by atoms with E-state index in [1.54, 1.807) is 56.5 Å². The van der Waals surface area contributed by atoms with Crippen LogP contribution >= 0.6 is 11.6 Å². The molecule has 0 saturated carbocycles. The topological polar surface area (TPSA) is 132 Å². The molecule has 0 bridgehead atoms. The zero-order valence-corrected chi connectivity index (χ0v) is 19.9. The molecule has 10 heteroatoms. The number of rotatable bonds is 8. The summed E-state index contributed by atoms with van der Waals surface area (Å²) in [5, 5.41) is 9.83. The van der Waals surface area contributed by atoms with E-state index in [1.165, 1.54) is 0 Å². The molecule has 0 aliphatic rings. The Kier molecular flexibility index (Phi) is 8.26. The zero-order chi connectivity index (χ0) is 24.7. The number of carbonyl (C=O) groups excluding carboxylic acids is 2. The van der Waals surface area contributed by atoms with Gasteiger partial charge in [0.2, 0.25) is 5.91 Å². The highest BCUT2D eigenvalue weighted by molar-refractivity contribution is 6.31. The first kappa shape index (κ1) is 24.8. The van der Waals surface area contributed by atoms with E-state index in [0.717, 1.165) is 12.0 Å². The number of methoxy groups -OCH3 is 1. The van der Waals surface area contributed by atoms with Crippen LogP contribution in [-0.2, 0) is 11.3 Å². The molecule has 178 valence electrons. The first-order chi connectivity index (χ1) is 16.3. The van der Waals surface area contributed by atoms with Crippen LogP contribution in [0.2, 0.25) is 5.02 Å². The van der Waals surface area contributed by atoms with Gasteiger partial charge >= 0.3 is 0 Å². The van der Waals surface area contributed by atoms with Crippen molar-refractivity contribution >= 4 is 35.1 Å². The Morgan fingerprint density at radius 3 is 2.62 bits per heavy atom. The number of aryl methyl sites for hydroxylation is 1. The Morgan fingerprint density at radius 1 is 1.21 bits per heavy atom. The van der Waals surface area contributed by atoms with Gasteiger partial charge in [0.05, 0.1) is 13.7 Å². The van der Waals surface area contributed by atoms with E-state index in [1.807, 2.05) is 6.92 Å². The standard InChI is InChI=1S/C24H26ClN5O4/c1-4-5-20(31)28-18-11-15(10-17(25)12-18)13-27-24(26)29-23(32)21-14(2)34-30-22(21)16-6-8-19(33-3)9-7-16/h6-12H,4-5,13H2,1-3H3,(H,28,31)(H3,26,27,29,32). The van der Waals surface area contributed by atoms with Gasteiger partial charge < -0.3 is 20.3 Å². The van der Waals surface area contributed by atoms with E-state index < -0.39 is 5.91 Å². The summed E-state index contributed by atoms with van der Waals surface area (Å²) < 4.78 is 10.4. The summed E-state index contributed by atoms with van der Waals surface area (Å²) >= 11 is 6.16. The summed E-state index contributed by atoms with van der Waals surface area (Å²) in [4.78, 5) is 29.0. The summed E-state index contributed by atoms with van der Waals surface area (Å²) in [6.07, 6.45) is 1.16. The molecule has 4 N–H and O–H groups in total. The van der Waals surface area contributed by atoms with Crippen LogP contribution in [0.15, 0.2) is 52.0 Å². The number of anilines is 1. The number of halogens is 1. The monoisotopic (exact) mass is 483 g/mol. The van der Waals surface area contributed by atoms with Crippen LogP contribution in [0.5, 0.6) is 5.75 Å². The molecule has 0 fully saturated rings. The van der Waals surface area contributed by atoms with E-state index in [-0.39, 0.29) is 24.0 Å². The fraction of sp³-hybridized carbons (Fsp3) is 0.250. The average molecular weight is 484 g/mol. The van der Waals surface area contributed by atoms with Gasteiger partial charge in [-0.25, -0.2) is 4.99 Å². The Labute approximate surface area is 202 Å². The van der Waals surface area contributed by atoms with Gasteiger partial charge in [-0.1, -0.05) is 23.7 Å². The van der Waals surface area contributed by atoms with Gasteiger partial charge in [-0.05, 0) is 61.4 Å². The third kappa shape index (κ3) is 6.35. The Morgan fingerprint density at radius 2 is 1.94 bits per heavy atom. The molecule has 2 aromatic carbocycles. The van der Waals surface area contributed by atoms with E-state index in [4.69, 9.17) is 26.6 Å². The van der Waals surface area contributed by atoms with Crippen molar-refractivity contribution in [3.05, 3.63) is 64.4 Å². The number of benzene rings is 2. The second kappa shape index (κ2) is 11.3. The van der Waals surface area contributed by atoms with Gasteiger partial charge in [0.1, 0.15) is 22.8 Å². The second-order valence-corrected chi connectivity index (χ2v) is 7.93. The average Bonchev–Trinajstić information content (AvgIpc) is 3.19. The van der Waals surface area contributed by atoms with Crippen LogP contribution in [0.25, 0.3) is 11.3 Å². The SMILES string of the molecule is CCCC(=O)Nc1cc(Cl)cc(CN=C(N)NC(=O)c2c(-c3ccc(OC)cc3)noc2C)c1. The van der Waals surface area contributed by atoms with Gasteiger partial charge in [0.25, 0.3) is 5.91 Å². The first-order valence-corrected chi connectivity index (χ1v) is 11.0. The van der Waals surface area contributed by atoms with Gasteiger partial charge in [-0.2, -0.15) is 0 Å². The Balaban J connectivity index is 1.72. The van der Waals surface area contributed by atoms with Crippen molar-refractivity contribution in [3.8, 4) is 17.0 Å². The molecule has 2 amide bonds. The smallest absolute Gasteiger partial charge is 0.263 e. The van der Waals surface area contributed by atoms with Crippen molar-refractivity contribution in [1.82, 2.24) is 10.5 Å². The maximum Gasteiger partial charge on any atom is 0.263 e. The number of ether oxygens (including phenoxy) is 1. The van der Waals surface area contributed by atoms with Crippen molar-refractivity contribution in [1.29, 1.82) is 0 Å². The van der Waals surface area contributed by atoms with Gasteiger partial charge in [0.15, 0.2) is 5.96 Å². The van der Waals surface area contributed by atoms with Crippen LogP contribution in [0, 0.1) is 6.92 Å². The van der Waals surface area contributed by atoms with Gasteiger partial charge in [-0.15, -0.1) is 0 Å². The number of amides is 2. The number of aliphatic imine (C=N–C) groups is 1. The van der Waals surface area contributed by atoms with Crippen LogP contribution in [0.4, 0.5) is 5.69 Å². The minimum absolute atomic E-state index is 0.0807. The highest BCUT2D eigenvalue weighted by Gasteiger charge is 2.22. The number of hydrogen-bond donors (Lipinski definition) is 3. The van der Waals surface area contributed by atoms with Crippen LogP contribution in [0.3, 0.4) is 0 Å². The molecule has 9 nitrogen and oxygen atoms in total. The third-order valence-corrected chi connectivity index (χ3v) is 5.06.